The van der Waals surface area contributed by atoms with Crippen molar-refractivity contribution in [1.29, 1.82) is 0 Å². The second kappa shape index (κ2) is 7.52. The molecule has 30 heavy (non-hydrogen) atoms. The van der Waals surface area contributed by atoms with Crippen molar-refractivity contribution in [3.8, 4) is 0 Å². The average Bonchev–Trinajstić information content (AvgIpc) is 3.41. The van der Waals surface area contributed by atoms with Crippen LogP contribution >= 0.6 is 11.6 Å². The number of anilines is 1. The van der Waals surface area contributed by atoms with Crippen LogP contribution in [0.5, 0.6) is 0 Å². The van der Waals surface area contributed by atoms with Gasteiger partial charge in [0.25, 0.3) is 0 Å². The lowest BCUT2D eigenvalue weighted by Gasteiger charge is -2.30. The molecule has 11 heteroatoms. The van der Waals surface area contributed by atoms with E-state index in [9.17, 15) is 31.5 Å². The van der Waals surface area contributed by atoms with Gasteiger partial charge in [0, 0.05) is 10.7 Å². The van der Waals surface area contributed by atoms with E-state index >= 15 is 0 Å². The third-order valence-electron chi connectivity index (χ3n) is 4.98. The Balaban J connectivity index is 1.88. The monoisotopic (exact) mass is 462 g/mol. The lowest BCUT2D eigenvalue weighted by atomic mass is 9.95. The maximum atomic E-state index is 13.0. The lowest BCUT2D eigenvalue weighted by Crippen LogP contribution is -2.50. The van der Waals surface area contributed by atoms with Crippen LogP contribution in [0.1, 0.15) is 25.3 Å². The number of aliphatic hydroxyl groups is 1. The smallest absolute Gasteiger partial charge is 0.376 e. The zero-order chi connectivity index (χ0) is 22.4. The Morgan fingerprint density at radius 2 is 1.77 bits per heavy atom. The number of benzene rings is 2. The van der Waals surface area contributed by atoms with Crippen LogP contribution in [0.4, 0.5) is 18.9 Å². The zero-order valence-corrected chi connectivity index (χ0v) is 17.2. The number of amides is 1. The van der Waals surface area contributed by atoms with Gasteiger partial charge in [-0.25, -0.2) is 8.42 Å². The Bertz CT molecular complexity index is 1050. The van der Waals surface area contributed by atoms with Crippen molar-refractivity contribution < 1.29 is 31.5 Å². The van der Waals surface area contributed by atoms with Gasteiger partial charge in [-0.2, -0.15) is 17.9 Å². The molecule has 0 bridgehead atoms. The highest BCUT2D eigenvalue weighted by molar-refractivity contribution is 7.89. The predicted octanol–water partition coefficient (Wildman–Crippen LogP) is 3.54. The number of nitrogens with one attached hydrogen (secondary N) is 1. The Morgan fingerprint density at radius 3 is 2.23 bits per heavy atom. The molecule has 2 N–H and O–H groups in total. The molecule has 0 aliphatic heterocycles. The second-order valence-electron chi connectivity index (χ2n) is 7.19. The third-order valence-corrected chi connectivity index (χ3v) is 6.74. The Labute approximate surface area is 176 Å². The van der Waals surface area contributed by atoms with Crippen LogP contribution in [-0.2, 0) is 20.4 Å². The van der Waals surface area contributed by atoms with E-state index in [1.54, 1.807) is 0 Å². The van der Waals surface area contributed by atoms with Crippen molar-refractivity contribution in [2.45, 2.75) is 42.1 Å². The maximum absolute atomic E-state index is 13.0. The van der Waals surface area contributed by atoms with Crippen molar-refractivity contribution in [2.24, 2.45) is 0 Å². The Kier molecular flexibility index (Phi) is 5.65. The number of hydrogen-bond acceptors (Lipinski definition) is 4. The molecule has 1 saturated carbocycles. The minimum atomic E-state index is -4.89. The van der Waals surface area contributed by atoms with Crippen LogP contribution < -0.4 is 9.62 Å². The van der Waals surface area contributed by atoms with Crippen molar-refractivity contribution in [3.63, 3.8) is 0 Å². The average molecular weight is 463 g/mol. The normalized spacial score (nSPS) is 17.8. The second-order valence-corrected chi connectivity index (χ2v) is 9.31. The summed E-state index contributed by atoms with van der Waals surface area (Å²) < 4.78 is 67.0. The lowest BCUT2D eigenvalue weighted by molar-refractivity contribution is -0.258. The molecule has 6 nitrogen and oxygen atoms in total. The molecule has 2 aromatic rings. The summed E-state index contributed by atoms with van der Waals surface area (Å²) >= 11 is 5.85. The molecule has 1 fully saturated rings. The number of sulfonamides is 1. The molecule has 1 aliphatic carbocycles. The van der Waals surface area contributed by atoms with Crippen molar-refractivity contribution in [2.75, 3.05) is 4.90 Å². The van der Waals surface area contributed by atoms with Crippen LogP contribution in [0, 0.1) is 0 Å². The minimum absolute atomic E-state index is 0.0799. The van der Waals surface area contributed by atoms with Crippen LogP contribution in [-0.4, -0.2) is 31.8 Å². The largest absolute Gasteiger partial charge is 0.421 e. The third kappa shape index (κ3) is 4.18. The summed E-state index contributed by atoms with van der Waals surface area (Å²) in [6, 6.07) is 10.1. The molecule has 1 amide bonds. The summed E-state index contributed by atoms with van der Waals surface area (Å²) in [5.74, 6) is 0. The first-order chi connectivity index (χ1) is 13.8. The first-order valence-corrected chi connectivity index (χ1v) is 10.6. The molecular formula is C19H18ClF3N2O4S. The zero-order valence-electron chi connectivity index (χ0n) is 15.6. The summed E-state index contributed by atoms with van der Waals surface area (Å²) in [5.41, 5.74) is -4.54. The Hall–Kier alpha value is -2.14. The minimum Gasteiger partial charge on any atom is -0.376 e. The molecule has 0 heterocycles. The standard InChI is InChI=1S/C19H18ClF3N2O4S/c1-17(27,19(21,22)23)13-5-7-15(8-6-13)25(12-26)18(9-10-18)24-30(28,29)16-4-2-3-14(20)11-16/h2-8,11-12,24,27H,9-10H2,1H3. The number of halogens is 4. The number of alkyl halides is 3. The number of rotatable bonds is 7. The molecule has 1 unspecified atom stereocenters. The topological polar surface area (TPSA) is 86.7 Å². The fourth-order valence-electron chi connectivity index (χ4n) is 2.97. The molecule has 0 aromatic heterocycles. The van der Waals surface area contributed by atoms with Crippen LogP contribution in [0.15, 0.2) is 53.4 Å². The van der Waals surface area contributed by atoms with Gasteiger partial charge in [-0.3, -0.25) is 9.69 Å². The summed E-state index contributed by atoms with van der Waals surface area (Å²) in [6.07, 6.45) is -3.85. The van der Waals surface area contributed by atoms with E-state index in [0.717, 1.165) is 17.0 Å². The molecular weight excluding hydrogens is 445 g/mol. The molecule has 2 aromatic carbocycles. The van der Waals surface area contributed by atoms with Gasteiger partial charge in [-0.1, -0.05) is 29.8 Å². The van der Waals surface area contributed by atoms with Gasteiger partial charge in [0.15, 0.2) is 5.60 Å². The Morgan fingerprint density at radius 1 is 1.17 bits per heavy atom. The van der Waals surface area contributed by atoms with E-state index in [1.165, 1.54) is 36.4 Å². The first kappa shape index (κ1) is 22.5. The molecule has 0 radical (unpaired) electrons. The van der Waals surface area contributed by atoms with E-state index in [4.69, 9.17) is 11.6 Å². The number of nitrogens with zero attached hydrogens (tertiary/aromatic N) is 1. The summed E-state index contributed by atoms with van der Waals surface area (Å²) in [5, 5.41) is 10.00. The predicted molar refractivity (Wildman–Crippen MR) is 104 cm³/mol. The molecule has 162 valence electrons. The number of hydrogen-bond donors (Lipinski definition) is 2. The maximum Gasteiger partial charge on any atom is 0.421 e. The fraction of sp³-hybridized carbons (Fsp3) is 0.316. The molecule has 1 atom stereocenters. The van der Waals surface area contributed by atoms with Gasteiger partial charge in [-0.05, 0) is 55.7 Å². The SMILES string of the molecule is CC(O)(c1ccc(N(C=O)C2(NS(=O)(=O)c3cccc(Cl)c3)CC2)cc1)C(F)(F)F. The highest BCUT2D eigenvalue weighted by atomic mass is 35.5. The van der Waals surface area contributed by atoms with Crippen LogP contribution in [0.25, 0.3) is 0 Å². The van der Waals surface area contributed by atoms with Crippen molar-refractivity contribution in [1.82, 2.24) is 4.72 Å². The summed E-state index contributed by atoms with van der Waals surface area (Å²) in [6.45, 7) is 0.626. The highest BCUT2D eigenvalue weighted by Crippen LogP contribution is 2.43. The van der Waals surface area contributed by atoms with Crippen LogP contribution in [0.2, 0.25) is 5.02 Å². The molecule has 0 spiro atoms. The van der Waals surface area contributed by atoms with E-state index < -0.39 is 33.0 Å². The van der Waals surface area contributed by atoms with Gasteiger partial charge < -0.3 is 5.11 Å². The van der Waals surface area contributed by atoms with E-state index in [2.05, 4.69) is 4.72 Å². The molecule has 0 saturated heterocycles. The van der Waals surface area contributed by atoms with E-state index in [1.807, 2.05) is 0 Å². The fourth-order valence-corrected chi connectivity index (χ4v) is 4.69. The van der Waals surface area contributed by atoms with E-state index in [-0.39, 0.29) is 15.6 Å². The molecule has 1 aliphatic rings. The summed E-state index contributed by atoms with van der Waals surface area (Å²) in [4.78, 5) is 12.8. The van der Waals surface area contributed by atoms with Crippen molar-refractivity contribution >= 4 is 33.7 Å². The van der Waals surface area contributed by atoms with Gasteiger partial charge in [-0.15, -0.1) is 0 Å². The number of carbonyl (C=O) groups is 1. The molecule has 3 rings (SSSR count). The van der Waals surface area contributed by atoms with Crippen molar-refractivity contribution in [3.05, 3.63) is 59.1 Å². The van der Waals surface area contributed by atoms with Gasteiger partial charge >= 0.3 is 6.18 Å². The van der Waals surface area contributed by atoms with Gasteiger partial charge in [0.05, 0.1) is 4.90 Å². The van der Waals surface area contributed by atoms with Gasteiger partial charge in [0.2, 0.25) is 16.4 Å². The van der Waals surface area contributed by atoms with Crippen LogP contribution in [0.3, 0.4) is 0 Å². The number of carbonyl (C=O) groups excluding carboxylic acids is 1. The van der Waals surface area contributed by atoms with E-state index in [0.29, 0.717) is 26.2 Å². The highest BCUT2D eigenvalue weighted by Gasteiger charge is 2.53. The van der Waals surface area contributed by atoms with Gasteiger partial charge in [0.1, 0.15) is 5.66 Å². The first-order valence-electron chi connectivity index (χ1n) is 8.76. The summed E-state index contributed by atoms with van der Waals surface area (Å²) in [7, 11) is -4.02. The quantitative estimate of drug-likeness (QED) is 0.486.